The molecule has 3 rings (SSSR count). The van der Waals surface area contributed by atoms with Crippen LogP contribution < -0.4 is 15.3 Å². The molecule has 3 aromatic rings. The van der Waals surface area contributed by atoms with Crippen LogP contribution in [-0.2, 0) is 13.1 Å². The molecule has 0 saturated heterocycles. The van der Waals surface area contributed by atoms with Crippen LogP contribution >= 0.6 is 0 Å². The molecule has 0 fully saturated rings. The molecule has 1 heterocycles. The molecule has 4 heteroatoms. The van der Waals surface area contributed by atoms with Crippen LogP contribution in [0.15, 0.2) is 57.7 Å². The Morgan fingerprint density at radius 1 is 1.04 bits per heavy atom. The fourth-order valence-corrected chi connectivity index (χ4v) is 3.24. The van der Waals surface area contributed by atoms with Crippen molar-refractivity contribution in [2.24, 2.45) is 0 Å². The molecule has 26 heavy (non-hydrogen) atoms. The average Bonchev–Trinajstić information content (AvgIpc) is 2.61. The highest BCUT2D eigenvalue weighted by atomic mass is 16.5. The largest absolute Gasteiger partial charge is 0.497 e. The molecule has 0 aliphatic carbocycles. The van der Waals surface area contributed by atoms with Gasteiger partial charge >= 0.3 is 5.63 Å². The van der Waals surface area contributed by atoms with E-state index in [9.17, 15) is 4.79 Å². The van der Waals surface area contributed by atoms with E-state index in [0.717, 1.165) is 24.0 Å². The van der Waals surface area contributed by atoms with Crippen molar-refractivity contribution in [1.82, 2.24) is 0 Å². The maximum atomic E-state index is 11.9. The topological polar surface area (TPSA) is 43.9 Å². The summed E-state index contributed by atoms with van der Waals surface area (Å²) in [7, 11) is 3.74. The van der Waals surface area contributed by atoms with E-state index >= 15 is 0 Å². The SMILES string of the molecule is COc1ccc2c(C[NH+](C)Cc3ccc(C(C)C)cc3)cc(=O)oc2c1. The second kappa shape index (κ2) is 7.75. The summed E-state index contributed by atoms with van der Waals surface area (Å²) in [6.07, 6.45) is 0. The van der Waals surface area contributed by atoms with Gasteiger partial charge in [0.2, 0.25) is 0 Å². The highest BCUT2D eigenvalue weighted by Gasteiger charge is 2.12. The zero-order valence-electron chi connectivity index (χ0n) is 15.8. The zero-order chi connectivity index (χ0) is 18.7. The minimum Gasteiger partial charge on any atom is -0.497 e. The molecule has 1 N–H and O–H groups in total. The first kappa shape index (κ1) is 18.2. The van der Waals surface area contributed by atoms with E-state index in [1.54, 1.807) is 19.2 Å². The van der Waals surface area contributed by atoms with Gasteiger partial charge in [0.05, 0.1) is 14.2 Å². The summed E-state index contributed by atoms with van der Waals surface area (Å²) in [5.41, 5.74) is 3.89. The molecule has 1 unspecified atom stereocenters. The quantitative estimate of drug-likeness (QED) is 0.693. The van der Waals surface area contributed by atoms with Crippen LogP contribution in [0.1, 0.15) is 36.5 Å². The molecular weight excluding hydrogens is 326 g/mol. The van der Waals surface area contributed by atoms with Gasteiger partial charge in [0.15, 0.2) is 0 Å². The molecule has 0 amide bonds. The van der Waals surface area contributed by atoms with Gasteiger partial charge in [0.1, 0.15) is 24.4 Å². The Hall–Kier alpha value is -2.59. The highest BCUT2D eigenvalue weighted by molar-refractivity contribution is 5.81. The number of nitrogens with one attached hydrogen (secondary N) is 1. The van der Waals surface area contributed by atoms with E-state index in [4.69, 9.17) is 9.15 Å². The van der Waals surface area contributed by atoms with Crippen molar-refractivity contribution < 1.29 is 14.1 Å². The van der Waals surface area contributed by atoms with Crippen molar-refractivity contribution in [1.29, 1.82) is 0 Å². The van der Waals surface area contributed by atoms with Gasteiger partial charge in [-0.15, -0.1) is 0 Å². The molecule has 136 valence electrons. The smallest absolute Gasteiger partial charge is 0.336 e. The van der Waals surface area contributed by atoms with Crippen LogP contribution in [0.25, 0.3) is 11.0 Å². The summed E-state index contributed by atoms with van der Waals surface area (Å²) in [6, 6.07) is 16.0. The lowest BCUT2D eigenvalue weighted by atomic mass is 10.0. The summed E-state index contributed by atoms with van der Waals surface area (Å²) < 4.78 is 10.6. The molecule has 0 spiro atoms. The Labute approximate surface area is 154 Å². The number of hydrogen-bond donors (Lipinski definition) is 1. The Balaban J connectivity index is 1.80. The second-order valence-corrected chi connectivity index (χ2v) is 7.16. The van der Waals surface area contributed by atoms with E-state index in [1.165, 1.54) is 16.0 Å². The number of benzene rings is 2. The van der Waals surface area contributed by atoms with Crippen LogP contribution in [0, 0.1) is 0 Å². The van der Waals surface area contributed by atoms with Gasteiger partial charge in [-0.1, -0.05) is 38.1 Å². The monoisotopic (exact) mass is 352 g/mol. The molecule has 1 aromatic heterocycles. The molecule has 4 nitrogen and oxygen atoms in total. The fraction of sp³-hybridized carbons (Fsp3) is 0.318. The summed E-state index contributed by atoms with van der Waals surface area (Å²) in [4.78, 5) is 13.2. The van der Waals surface area contributed by atoms with Gasteiger partial charge in [0, 0.05) is 28.6 Å². The van der Waals surface area contributed by atoms with Crippen molar-refractivity contribution in [3.8, 4) is 5.75 Å². The van der Waals surface area contributed by atoms with E-state index in [1.807, 2.05) is 12.1 Å². The van der Waals surface area contributed by atoms with Crippen molar-refractivity contribution in [3.05, 3.63) is 75.6 Å². The van der Waals surface area contributed by atoms with Crippen LogP contribution in [0.3, 0.4) is 0 Å². The third-order valence-electron chi connectivity index (χ3n) is 4.68. The standard InChI is InChI=1S/C22H25NO3/c1-15(2)17-7-5-16(6-8-17)13-23(3)14-18-11-22(24)26-21-12-19(25-4)9-10-20(18)21/h5-12,15H,13-14H2,1-4H3/p+1. The van der Waals surface area contributed by atoms with Crippen LogP contribution in [-0.4, -0.2) is 14.2 Å². The fourth-order valence-electron chi connectivity index (χ4n) is 3.24. The molecule has 0 radical (unpaired) electrons. The summed E-state index contributed by atoms with van der Waals surface area (Å²) >= 11 is 0. The van der Waals surface area contributed by atoms with Gasteiger partial charge < -0.3 is 14.1 Å². The van der Waals surface area contributed by atoms with Crippen LogP contribution in [0.2, 0.25) is 0 Å². The van der Waals surface area contributed by atoms with Crippen molar-refractivity contribution in [3.63, 3.8) is 0 Å². The van der Waals surface area contributed by atoms with Gasteiger partial charge in [-0.05, 0) is 23.6 Å². The Kier molecular flexibility index (Phi) is 5.43. The predicted octanol–water partition coefficient (Wildman–Crippen LogP) is 3.14. The first-order chi connectivity index (χ1) is 12.5. The van der Waals surface area contributed by atoms with Crippen LogP contribution in [0.4, 0.5) is 0 Å². The zero-order valence-corrected chi connectivity index (χ0v) is 15.8. The van der Waals surface area contributed by atoms with E-state index in [2.05, 4.69) is 45.2 Å². The van der Waals surface area contributed by atoms with Crippen molar-refractivity contribution >= 4 is 11.0 Å². The number of hydrogen-bond acceptors (Lipinski definition) is 3. The minimum absolute atomic E-state index is 0.324. The second-order valence-electron chi connectivity index (χ2n) is 7.16. The van der Waals surface area contributed by atoms with Crippen LogP contribution in [0.5, 0.6) is 5.75 Å². The Morgan fingerprint density at radius 2 is 1.77 bits per heavy atom. The van der Waals surface area contributed by atoms with Gasteiger partial charge in [0.25, 0.3) is 0 Å². The summed E-state index contributed by atoms with van der Waals surface area (Å²) in [6.45, 7) is 6.05. The van der Waals surface area contributed by atoms with E-state index in [0.29, 0.717) is 17.3 Å². The maximum Gasteiger partial charge on any atom is 0.336 e. The van der Waals surface area contributed by atoms with Gasteiger partial charge in [-0.3, -0.25) is 0 Å². The third kappa shape index (κ3) is 4.14. The average molecular weight is 352 g/mol. The van der Waals surface area contributed by atoms with Gasteiger partial charge in [-0.25, -0.2) is 4.79 Å². The number of quaternary nitrogens is 1. The lowest BCUT2D eigenvalue weighted by molar-refractivity contribution is -0.907. The predicted molar refractivity (Wildman–Crippen MR) is 104 cm³/mol. The third-order valence-corrected chi connectivity index (χ3v) is 4.68. The number of rotatable bonds is 6. The number of methoxy groups -OCH3 is 1. The van der Waals surface area contributed by atoms with Crippen molar-refractivity contribution in [2.45, 2.75) is 32.9 Å². The molecule has 0 saturated carbocycles. The van der Waals surface area contributed by atoms with E-state index < -0.39 is 0 Å². The number of ether oxygens (including phenoxy) is 1. The summed E-state index contributed by atoms with van der Waals surface area (Å²) in [5, 5.41) is 0.958. The Morgan fingerprint density at radius 3 is 2.42 bits per heavy atom. The van der Waals surface area contributed by atoms with Gasteiger partial charge in [-0.2, -0.15) is 0 Å². The molecular formula is C22H26NO3+. The molecule has 0 aliphatic rings. The normalized spacial score (nSPS) is 12.5. The summed E-state index contributed by atoms with van der Waals surface area (Å²) in [5.74, 6) is 1.23. The molecule has 0 bridgehead atoms. The molecule has 0 aliphatic heterocycles. The highest BCUT2D eigenvalue weighted by Crippen LogP contribution is 2.22. The molecule has 2 aromatic carbocycles. The maximum absolute atomic E-state index is 11.9. The minimum atomic E-state index is -0.324. The van der Waals surface area contributed by atoms with E-state index in [-0.39, 0.29) is 5.63 Å². The first-order valence-corrected chi connectivity index (χ1v) is 8.97. The van der Waals surface area contributed by atoms with Crippen molar-refractivity contribution in [2.75, 3.05) is 14.2 Å². The number of fused-ring (bicyclic) bond motifs is 1. The Bertz CT molecular complexity index is 942. The lowest BCUT2D eigenvalue weighted by Crippen LogP contribution is -3.06. The molecule has 1 atom stereocenters. The lowest BCUT2D eigenvalue weighted by Gasteiger charge is -2.16. The first-order valence-electron chi connectivity index (χ1n) is 8.97.